The van der Waals surface area contributed by atoms with Crippen molar-refractivity contribution in [1.82, 2.24) is 0 Å². The van der Waals surface area contributed by atoms with Crippen molar-refractivity contribution in [2.45, 2.75) is 84.5 Å². The van der Waals surface area contributed by atoms with E-state index in [0.717, 1.165) is 70.6 Å². The number of allylic oxidation sites excluding steroid dienone is 18. The molecule has 0 N–H and O–H groups in total. The van der Waals surface area contributed by atoms with E-state index in [1.807, 2.05) is 0 Å². The quantitative estimate of drug-likeness (QED) is 0.144. The summed E-state index contributed by atoms with van der Waals surface area (Å²) in [6.45, 7) is 4.33. The van der Waals surface area contributed by atoms with Gasteiger partial charge in [0.15, 0.2) is 0 Å². The molecule has 170 valence electrons. The van der Waals surface area contributed by atoms with Crippen molar-refractivity contribution < 1.29 is 0 Å². The van der Waals surface area contributed by atoms with Crippen LogP contribution in [0.3, 0.4) is 0 Å². The molecule has 0 aromatic heterocycles. The van der Waals surface area contributed by atoms with Gasteiger partial charge in [0.1, 0.15) is 0 Å². The standard InChI is InChI=1S/C31H46/c1-3-5-7-9-11-13-15-17-19-21-23-25-27-29-31-30-28-26-24-22-20-18-16-14-12-10-8-6-4-2/h5-8,11-14,17-20,23-26,29,31H,3-4,9-10,15-16,21-22,27-28,30H2,1-2H3/b7-5-,8-6-,13-11-,14-12-,19-17-,20-18-,25-23-,26-24-,31-29-. The molecule has 0 unspecified atom stereocenters. The van der Waals surface area contributed by atoms with Crippen LogP contribution in [0.5, 0.6) is 0 Å². The second kappa shape index (κ2) is 27.7. The van der Waals surface area contributed by atoms with E-state index < -0.39 is 0 Å². The van der Waals surface area contributed by atoms with Crippen LogP contribution >= 0.6 is 0 Å². The van der Waals surface area contributed by atoms with Gasteiger partial charge in [-0.25, -0.2) is 0 Å². The van der Waals surface area contributed by atoms with Gasteiger partial charge in [0.25, 0.3) is 0 Å². The second-order valence-electron chi connectivity index (χ2n) is 7.29. The molecule has 0 amide bonds. The first-order chi connectivity index (χ1) is 15.4. The van der Waals surface area contributed by atoms with E-state index in [1.54, 1.807) is 0 Å². The summed E-state index contributed by atoms with van der Waals surface area (Å²) >= 11 is 0. The van der Waals surface area contributed by atoms with E-state index in [2.05, 4.69) is 123 Å². The first-order valence-corrected chi connectivity index (χ1v) is 12.3. The van der Waals surface area contributed by atoms with Gasteiger partial charge < -0.3 is 0 Å². The molecule has 0 fully saturated rings. The number of rotatable bonds is 19. The van der Waals surface area contributed by atoms with Crippen molar-refractivity contribution in [3.63, 3.8) is 0 Å². The van der Waals surface area contributed by atoms with Gasteiger partial charge in [0.2, 0.25) is 0 Å². The minimum Gasteiger partial charge on any atom is -0.0885 e. The highest BCUT2D eigenvalue weighted by atomic mass is 13.9. The highest BCUT2D eigenvalue weighted by Crippen LogP contribution is 1.99. The molecule has 0 rings (SSSR count). The maximum atomic E-state index is 2.29. The fraction of sp³-hybridized carbons (Fsp3) is 0.419. The van der Waals surface area contributed by atoms with E-state index in [9.17, 15) is 0 Å². The Kier molecular flexibility index (Phi) is 25.6. The SMILES string of the molecule is CC/C=C\C/C=C\C/C=C\C/C=C\C/C=C\CC/C=C\C/C=C\C/C=C\C/C=C\CC. The summed E-state index contributed by atoms with van der Waals surface area (Å²) in [4.78, 5) is 0. The van der Waals surface area contributed by atoms with Gasteiger partial charge in [-0.05, 0) is 70.6 Å². The van der Waals surface area contributed by atoms with Crippen LogP contribution in [-0.4, -0.2) is 0 Å². The van der Waals surface area contributed by atoms with Crippen molar-refractivity contribution in [3.05, 3.63) is 109 Å². The molecule has 0 radical (unpaired) electrons. The molecule has 0 saturated heterocycles. The first kappa shape index (κ1) is 28.7. The Morgan fingerprint density at radius 1 is 0.258 bits per heavy atom. The largest absolute Gasteiger partial charge is 0.0885 e. The highest BCUT2D eigenvalue weighted by Gasteiger charge is 1.78. The second-order valence-corrected chi connectivity index (χ2v) is 7.29. The zero-order valence-electron chi connectivity index (χ0n) is 20.2. The fourth-order valence-corrected chi connectivity index (χ4v) is 2.66. The van der Waals surface area contributed by atoms with E-state index in [4.69, 9.17) is 0 Å². The van der Waals surface area contributed by atoms with Crippen molar-refractivity contribution >= 4 is 0 Å². The van der Waals surface area contributed by atoms with Crippen molar-refractivity contribution in [2.24, 2.45) is 0 Å². The minimum absolute atomic E-state index is 1.03. The summed E-state index contributed by atoms with van der Waals surface area (Å²) in [7, 11) is 0. The van der Waals surface area contributed by atoms with E-state index in [0.29, 0.717) is 0 Å². The zero-order chi connectivity index (χ0) is 22.5. The molecule has 0 heterocycles. The molecule has 31 heavy (non-hydrogen) atoms. The van der Waals surface area contributed by atoms with Gasteiger partial charge >= 0.3 is 0 Å². The molecule has 0 heteroatoms. The third-order valence-electron chi connectivity index (χ3n) is 4.38. The van der Waals surface area contributed by atoms with Crippen LogP contribution in [0.15, 0.2) is 109 Å². The Balaban J connectivity index is 3.53. The Bertz CT molecular complexity index is 614. The topological polar surface area (TPSA) is 0 Å². The maximum Gasteiger partial charge on any atom is -0.0169 e. The van der Waals surface area contributed by atoms with Crippen molar-refractivity contribution in [1.29, 1.82) is 0 Å². The molecule has 0 saturated carbocycles. The minimum atomic E-state index is 1.03. The van der Waals surface area contributed by atoms with Crippen LogP contribution in [0.25, 0.3) is 0 Å². The van der Waals surface area contributed by atoms with Crippen LogP contribution in [0, 0.1) is 0 Å². The van der Waals surface area contributed by atoms with Crippen molar-refractivity contribution in [2.75, 3.05) is 0 Å². The molecule has 0 atom stereocenters. The summed E-state index contributed by atoms with van der Waals surface area (Å²) in [5.41, 5.74) is 0. The predicted molar refractivity (Wildman–Crippen MR) is 144 cm³/mol. The third-order valence-corrected chi connectivity index (χ3v) is 4.38. The normalized spacial score (nSPS) is 13.7. The lowest BCUT2D eigenvalue weighted by molar-refractivity contribution is 1.04. The average Bonchev–Trinajstić information content (AvgIpc) is 2.78. The summed E-state index contributed by atoms with van der Waals surface area (Å²) in [5, 5.41) is 0. The first-order valence-electron chi connectivity index (χ1n) is 12.3. The molecule has 0 aliphatic heterocycles. The Hall–Kier alpha value is -2.34. The molecular weight excluding hydrogens is 372 g/mol. The van der Waals surface area contributed by atoms with Crippen LogP contribution in [0.2, 0.25) is 0 Å². The lowest BCUT2D eigenvalue weighted by Gasteiger charge is -1.88. The van der Waals surface area contributed by atoms with Gasteiger partial charge in [-0.2, -0.15) is 0 Å². The molecule has 0 nitrogen and oxygen atoms in total. The van der Waals surface area contributed by atoms with E-state index in [1.165, 1.54) is 0 Å². The van der Waals surface area contributed by atoms with Crippen LogP contribution < -0.4 is 0 Å². The predicted octanol–water partition coefficient (Wildman–Crippen LogP) is 10.3. The molecule has 0 aromatic rings. The monoisotopic (exact) mass is 418 g/mol. The van der Waals surface area contributed by atoms with Gasteiger partial charge in [0.05, 0.1) is 0 Å². The fourth-order valence-electron chi connectivity index (χ4n) is 2.66. The maximum absolute atomic E-state index is 2.29. The Morgan fingerprint density at radius 3 is 0.677 bits per heavy atom. The van der Waals surface area contributed by atoms with Gasteiger partial charge in [-0.3, -0.25) is 0 Å². The summed E-state index contributed by atoms with van der Waals surface area (Å²) < 4.78 is 0. The van der Waals surface area contributed by atoms with Crippen LogP contribution in [0.1, 0.15) is 84.5 Å². The lowest BCUT2D eigenvalue weighted by Crippen LogP contribution is -1.67. The summed E-state index contributed by atoms with van der Waals surface area (Å²) in [5.74, 6) is 0. The number of hydrogen-bond donors (Lipinski definition) is 0. The van der Waals surface area contributed by atoms with Crippen LogP contribution in [0.4, 0.5) is 0 Å². The molecule has 0 spiro atoms. The third kappa shape index (κ3) is 27.7. The molecular formula is C31H46. The van der Waals surface area contributed by atoms with E-state index in [-0.39, 0.29) is 0 Å². The number of unbranched alkanes of at least 4 members (excludes halogenated alkanes) is 1. The number of hydrogen-bond acceptors (Lipinski definition) is 0. The smallest absolute Gasteiger partial charge is 0.0169 e. The Labute approximate surface area is 193 Å². The molecule has 0 aliphatic carbocycles. The van der Waals surface area contributed by atoms with Crippen LogP contribution in [-0.2, 0) is 0 Å². The van der Waals surface area contributed by atoms with Gasteiger partial charge in [-0.15, -0.1) is 0 Å². The van der Waals surface area contributed by atoms with Gasteiger partial charge in [-0.1, -0.05) is 123 Å². The zero-order valence-corrected chi connectivity index (χ0v) is 20.2. The lowest BCUT2D eigenvalue weighted by atomic mass is 10.2. The summed E-state index contributed by atoms with van der Waals surface area (Å²) in [6.07, 6.45) is 52.2. The average molecular weight is 419 g/mol. The molecule has 0 bridgehead atoms. The highest BCUT2D eigenvalue weighted by molar-refractivity contribution is 5.02. The van der Waals surface area contributed by atoms with Gasteiger partial charge in [0, 0.05) is 0 Å². The summed E-state index contributed by atoms with van der Waals surface area (Å²) in [6, 6.07) is 0. The van der Waals surface area contributed by atoms with E-state index >= 15 is 0 Å². The Morgan fingerprint density at radius 2 is 0.452 bits per heavy atom. The molecule has 0 aliphatic rings. The van der Waals surface area contributed by atoms with Crippen molar-refractivity contribution in [3.8, 4) is 0 Å². The molecule has 0 aromatic carbocycles.